The lowest BCUT2D eigenvalue weighted by atomic mass is 9.97. The van der Waals surface area contributed by atoms with E-state index in [1.807, 2.05) is 0 Å². The molecule has 0 bridgehead atoms. The molecule has 90 valence electrons. The summed E-state index contributed by atoms with van der Waals surface area (Å²) in [4.78, 5) is 0. The second-order valence-electron chi connectivity index (χ2n) is 3.12. The Balaban J connectivity index is 3.01. The van der Waals surface area contributed by atoms with Crippen molar-refractivity contribution in [3.63, 3.8) is 0 Å². The maximum Gasteiger partial charge on any atom is 0.362 e. The molecule has 1 fully saturated rings. The van der Waals surface area contributed by atoms with E-state index in [0.29, 0.717) is 0 Å². The van der Waals surface area contributed by atoms with Gasteiger partial charge in [-0.2, -0.15) is 17.6 Å². The number of aliphatic hydroxyl groups excluding tert-OH is 2. The quantitative estimate of drug-likeness (QED) is 0.659. The van der Waals surface area contributed by atoms with Gasteiger partial charge in [0.15, 0.2) is 6.10 Å². The Morgan fingerprint density at radius 3 is 2.20 bits per heavy atom. The third-order valence-electron chi connectivity index (χ3n) is 2.16. The van der Waals surface area contributed by atoms with E-state index >= 15 is 0 Å². The first-order chi connectivity index (χ1) is 6.79. The first-order valence-electron chi connectivity index (χ1n) is 4.01. The van der Waals surface area contributed by atoms with E-state index in [1.54, 1.807) is 0 Å². The summed E-state index contributed by atoms with van der Waals surface area (Å²) in [5.74, 6) is -9.36. The molecule has 0 aromatic heterocycles. The van der Waals surface area contributed by atoms with E-state index in [2.05, 4.69) is 9.47 Å². The zero-order valence-electron chi connectivity index (χ0n) is 7.66. The van der Waals surface area contributed by atoms with Crippen LogP contribution < -0.4 is 0 Å². The van der Waals surface area contributed by atoms with Gasteiger partial charge in [0.2, 0.25) is 6.29 Å². The molecule has 1 heterocycles. The Morgan fingerprint density at radius 1 is 1.27 bits per heavy atom. The molecule has 0 amide bonds. The Bertz CT molecular complexity index is 235. The van der Waals surface area contributed by atoms with Crippen molar-refractivity contribution in [3.8, 4) is 0 Å². The molecular formula is C7H10F4O4. The highest BCUT2D eigenvalue weighted by Crippen LogP contribution is 2.46. The summed E-state index contributed by atoms with van der Waals surface area (Å²) in [6.45, 7) is -1.01. The van der Waals surface area contributed by atoms with Gasteiger partial charge in [0.1, 0.15) is 6.10 Å². The summed E-state index contributed by atoms with van der Waals surface area (Å²) in [7, 11) is 0.765. The fourth-order valence-electron chi connectivity index (χ4n) is 1.25. The number of hydrogen-bond donors (Lipinski definition) is 2. The minimum atomic E-state index is -4.71. The zero-order chi connectivity index (χ0) is 11.9. The molecule has 0 aliphatic carbocycles. The van der Waals surface area contributed by atoms with Gasteiger partial charge in [0.05, 0.1) is 6.61 Å². The van der Waals surface area contributed by atoms with Crippen molar-refractivity contribution in [2.75, 3.05) is 13.7 Å². The van der Waals surface area contributed by atoms with E-state index in [-0.39, 0.29) is 0 Å². The van der Waals surface area contributed by atoms with Crippen LogP contribution in [0.3, 0.4) is 0 Å². The average Bonchev–Trinajstić information content (AvgIpc) is 2.16. The molecule has 2 N–H and O–H groups in total. The molecule has 1 rings (SSSR count). The molecule has 1 saturated heterocycles. The normalized spacial score (nSPS) is 39.0. The van der Waals surface area contributed by atoms with E-state index in [9.17, 15) is 17.6 Å². The molecule has 1 aliphatic heterocycles. The van der Waals surface area contributed by atoms with Crippen molar-refractivity contribution in [1.82, 2.24) is 0 Å². The third-order valence-corrected chi connectivity index (χ3v) is 2.16. The number of hydrogen-bond acceptors (Lipinski definition) is 4. The predicted molar refractivity (Wildman–Crippen MR) is 38.7 cm³/mol. The van der Waals surface area contributed by atoms with Crippen LogP contribution in [0.25, 0.3) is 0 Å². The summed E-state index contributed by atoms with van der Waals surface area (Å²) in [5.41, 5.74) is 0. The molecule has 0 saturated carbocycles. The SMILES string of the molecule is CO[C@H]1O[C@H](CO)[C@H](O)C(F)(F)C1(F)F. The highest BCUT2D eigenvalue weighted by molar-refractivity contribution is 5.00. The summed E-state index contributed by atoms with van der Waals surface area (Å²) < 4.78 is 60.2. The molecule has 0 radical (unpaired) electrons. The monoisotopic (exact) mass is 234 g/mol. The van der Waals surface area contributed by atoms with Crippen molar-refractivity contribution in [3.05, 3.63) is 0 Å². The molecule has 15 heavy (non-hydrogen) atoms. The molecule has 0 spiro atoms. The number of methoxy groups -OCH3 is 1. The number of ether oxygens (including phenoxy) is 2. The minimum absolute atomic E-state index is 0.765. The van der Waals surface area contributed by atoms with Gasteiger partial charge in [0.25, 0.3) is 0 Å². The van der Waals surface area contributed by atoms with Gasteiger partial charge in [-0.3, -0.25) is 0 Å². The summed E-state index contributed by atoms with van der Waals surface area (Å²) in [6, 6.07) is 0. The molecule has 0 aromatic rings. The van der Waals surface area contributed by atoms with Gasteiger partial charge < -0.3 is 19.7 Å². The lowest BCUT2D eigenvalue weighted by molar-refractivity contribution is -0.400. The zero-order valence-corrected chi connectivity index (χ0v) is 7.66. The maximum atomic E-state index is 13.0. The van der Waals surface area contributed by atoms with Crippen molar-refractivity contribution < 1.29 is 37.2 Å². The van der Waals surface area contributed by atoms with Gasteiger partial charge in [-0.25, -0.2) is 0 Å². The van der Waals surface area contributed by atoms with Crippen LogP contribution in [0.15, 0.2) is 0 Å². The fraction of sp³-hybridized carbons (Fsp3) is 1.00. The Hall–Kier alpha value is -0.440. The van der Waals surface area contributed by atoms with E-state index in [4.69, 9.17) is 10.2 Å². The molecule has 3 atom stereocenters. The molecule has 0 unspecified atom stereocenters. The third kappa shape index (κ3) is 1.71. The summed E-state index contributed by atoms with van der Waals surface area (Å²) in [5, 5.41) is 17.4. The second-order valence-corrected chi connectivity index (χ2v) is 3.12. The van der Waals surface area contributed by atoms with Gasteiger partial charge in [-0.1, -0.05) is 0 Å². The van der Waals surface area contributed by atoms with Crippen LogP contribution in [0.4, 0.5) is 17.6 Å². The Kier molecular flexibility index (Phi) is 3.24. The highest BCUT2D eigenvalue weighted by Gasteiger charge is 2.71. The van der Waals surface area contributed by atoms with Crippen LogP contribution in [0.5, 0.6) is 0 Å². The summed E-state index contributed by atoms with van der Waals surface area (Å²) >= 11 is 0. The lowest BCUT2D eigenvalue weighted by Crippen LogP contribution is -2.67. The number of aliphatic hydroxyl groups is 2. The van der Waals surface area contributed by atoms with Gasteiger partial charge >= 0.3 is 11.8 Å². The summed E-state index contributed by atoms with van der Waals surface area (Å²) in [6.07, 6.45) is -7.07. The molecular weight excluding hydrogens is 224 g/mol. The van der Waals surface area contributed by atoms with Gasteiger partial charge in [0, 0.05) is 7.11 Å². The van der Waals surface area contributed by atoms with Gasteiger partial charge in [-0.05, 0) is 0 Å². The second kappa shape index (κ2) is 3.85. The topological polar surface area (TPSA) is 58.9 Å². The number of alkyl halides is 4. The highest BCUT2D eigenvalue weighted by atomic mass is 19.3. The molecule has 8 heteroatoms. The molecule has 1 aliphatic rings. The molecule has 4 nitrogen and oxygen atoms in total. The predicted octanol–water partition coefficient (Wildman–Crippen LogP) is -0.0185. The van der Waals surface area contributed by atoms with Crippen LogP contribution in [0.2, 0.25) is 0 Å². The smallest absolute Gasteiger partial charge is 0.362 e. The average molecular weight is 234 g/mol. The van der Waals surface area contributed by atoms with Crippen LogP contribution in [0, 0.1) is 0 Å². The van der Waals surface area contributed by atoms with Crippen LogP contribution in [-0.4, -0.2) is 54.3 Å². The van der Waals surface area contributed by atoms with Crippen molar-refractivity contribution in [1.29, 1.82) is 0 Å². The Morgan fingerprint density at radius 2 is 1.80 bits per heavy atom. The first-order valence-corrected chi connectivity index (χ1v) is 4.01. The lowest BCUT2D eigenvalue weighted by Gasteiger charge is -2.42. The van der Waals surface area contributed by atoms with E-state index in [1.165, 1.54) is 0 Å². The fourth-order valence-corrected chi connectivity index (χ4v) is 1.25. The largest absolute Gasteiger partial charge is 0.394 e. The standard InChI is InChI=1S/C7H10F4O4/c1-14-5-7(10,11)6(8,9)4(13)3(2-12)15-5/h3-5,12-13H,2H2,1H3/t3-,4+,5+/m1/s1. The maximum absolute atomic E-state index is 13.0. The van der Waals surface area contributed by atoms with E-state index in [0.717, 1.165) is 7.11 Å². The van der Waals surface area contributed by atoms with Crippen molar-refractivity contribution in [2.24, 2.45) is 0 Å². The van der Waals surface area contributed by atoms with Crippen molar-refractivity contribution >= 4 is 0 Å². The molecule has 0 aromatic carbocycles. The number of halogens is 4. The number of rotatable bonds is 2. The van der Waals surface area contributed by atoms with E-state index < -0.39 is 36.9 Å². The van der Waals surface area contributed by atoms with Crippen LogP contribution in [-0.2, 0) is 9.47 Å². The minimum Gasteiger partial charge on any atom is -0.394 e. The van der Waals surface area contributed by atoms with Crippen LogP contribution >= 0.6 is 0 Å². The van der Waals surface area contributed by atoms with Crippen LogP contribution in [0.1, 0.15) is 0 Å². The first kappa shape index (κ1) is 12.6. The van der Waals surface area contributed by atoms with Gasteiger partial charge in [-0.15, -0.1) is 0 Å². The Labute approximate surface area is 82.4 Å². The van der Waals surface area contributed by atoms with Crippen molar-refractivity contribution in [2.45, 2.75) is 30.3 Å².